The Morgan fingerprint density at radius 1 is 1.21 bits per heavy atom. The largest absolute Gasteiger partial charge is 0.463 e. The van der Waals surface area contributed by atoms with Gasteiger partial charge in [0.15, 0.2) is 11.9 Å². The zero-order chi connectivity index (χ0) is 19.3. The normalized spacial score (nSPS) is 25.5. The smallest absolute Gasteiger partial charge is 0.166 e. The highest BCUT2D eigenvalue weighted by Crippen LogP contribution is 2.33. The molecule has 0 amide bonds. The maximum atomic E-state index is 10.3. The molecular formula is C17H16N6O5. The Bertz CT molecular complexity index is 1150. The van der Waals surface area contributed by atoms with E-state index in [9.17, 15) is 15.3 Å². The first-order valence-electron chi connectivity index (χ1n) is 8.56. The first-order chi connectivity index (χ1) is 13.7. The van der Waals surface area contributed by atoms with E-state index in [1.807, 2.05) is 0 Å². The van der Waals surface area contributed by atoms with Crippen molar-refractivity contribution >= 4 is 28.6 Å². The molecule has 144 valence electrons. The highest BCUT2D eigenvalue weighted by Gasteiger charge is 2.44. The third-order valence-electron chi connectivity index (χ3n) is 4.72. The van der Waals surface area contributed by atoms with Crippen LogP contribution in [0.5, 0.6) is 0 Å². The van der Waals surface area contributed by atoms with Gasteiger partial charge in [-0.25, -0.2) is 19.5 Å². The minimum absolute atomic E-state index is 0.409. The molecule has 0 aromatic carbocycles. The summed E-state index contributed by atoms with van der Waals surface area (Å²) in [7, 11) is 0. The van der Waals surface area contributed by atoms with Gasteiger partial charge in [0.2, 0.25) is 0 Å². The van der Waals surface area contributed by atoms with E-state index in [-0.39, 0.29) is 0 Å². The molecule has 4 atom stereocenters. The fourth-order valence-electron chi connectivity index (χ4n) is 3.32. The summed E-state index contributed by atoms with van der Waals surface area (Å²) in [6.45, 7) is -0.409. The SMILES string of the molecule is OC[C@H]1O[C@@H](n2cnc3c2ncn2ncc(N=Cc4ccco4)c32)[C@H](O)[C@@H]1O. The summed E-state index contributed by atoms with van der Waals surface area (Å²) in [6.07, 6.45) is 3.44. The molecule has 0 unspecified atom stereocenters. The minimum atomic E-state index is -1.23. The third-order valence-corrected chi connectivity index (χ3v) is 4.72. The van der Waals surface area contributed by atoms with Crippen LogP contribution in [0.1, 0.15) is 12.0 Å². The summed E-state index contributed by atoms with van der Waals surface area (Å²) < 4.78 is 13.9. The summed E-state index contributed by atoms with van der Waals surface area (Å²) in [4.78, 5) is 13.1. The van der Waals surface area contributed by atoms with Gasteiger partial charge in [0.1, 0.15) is 47.1 Å². The molecule has 0 bridgehead atoms. The minimum Gasteiger partial charge on any atom is -0.463 e. The Balaban J connectivity index is 1.59. The molecule has 4 aromatic rings. The number of furan rings is 1. The van der Waals surface area contributed by atoms with Crippen LogP contribution in [-0.2, 0) is 4.74 Å². The van der Waals surface area contributed by atoms with E-state index >= 15 is 0 Å². The van der Waals surface area contributed by atoms with Gasteiger partial charge in [-0.2, -0.15) is 5.10 Å². The number of hydrogen-bond donors (Lipinski definition) is 3. The number of ether oxygens (including phenoxy) is 1. The first kappa shape index (κ1) is 17.0. The number of aromatic nitrogens is 5. The molecule has 11 nitrogen and oxygen atoms in total. The average Bonchev–Trinajstić information content (AvgIpc) is 3.47. The molecule has 11 heteroatoms. The molecule has 28 heavy (non-hydrogen) atoms. The van der Waals surface area contributed by atoms with E-state index in [0.29, 0.717) is 28.1 Å². The summed E-state index contributed by atoms with van der Waals surface area (Å²) in [5.74, 6) is 0.599. The van der Waals surface area contributed by atoms with E-state index in [1.165, 1.54) is 17.2 Å². The van der Waals surface area contributed by atoms with Crippen LogP contribution < -0.4 is 0 Å². The average molecular weight is 384 g/mol. The summed E-state index contributed by atoms with van der Waals surface area (Å²) in [6, 6.07) is 3.55. The van der Waals surface area contributed by atoms with Gasteiger partial charge in [-0.3, -0.25) is 4.57 Å². The number of aliphatic hydroxyl groups is 3. The van der Waals surface area contributed by atoms with Crippen molar-refractivity contribution in [1.82, 2.24) is 24.1 Å². The van der Waals surface area contributed by atoms with Crippen LogP contribution in [0.4, 0.5) is 5.69 Å². The Kier molecular flexibility index (Phi) is 3.94. The lowest BCUT2D eigenvalue weighted by atomic mass is 10.1. The summed E-state index contributed by atoms with van der Waals surface area (Å²) in [5, 5.41) is 33.8. The third kappa shape index (κ3) is 2.52. The van der Waals surface area contributed by atoms with Gasteiger partial charge < -0.3 is 24.5 Å². The Morgan fingerprint density at radius 3 is 2.86 bits per heavy atom. The van der Waals surface area contributed by atoms with Gasteiger partial charge >= 0.3 is 0 Å². The van der Waals surface area contributed by atoms with E-state index < -0.39 is 31.1 Å². The lowest BCUT2D eigenvalue weighted by Gasteiger charge is -2.16. The first-order valence-corrected chi connectivity index (χ1v) is 8.56. The predicted molar refractivity (Wildman–Crippen MR) is 95.2 cm³/mol. The number of hydrogen-bond acceptors (Lipinski definition) is 9. The quantitative estimate of drug-likeness (QED) is 0.418. The number of aliphatic imine (C=N–C) groups is 1. The van der Waals surface area contributed by atoms with Crippen LogP contribution in [0, 0.1) is 0 Å². The van der Waals surface area contributed by atoms with Crippen molar-refractivity contribution in [3.8, 4) is 0 Å². The van der Waals surface area contributed by atoms with Crippen LogP contribution in [0.3, 0.4) is 0 Å². The van der Waals surface area contributed by atoms with E-state index in [1.54, 1.807) is 35.3 Å². The Hall–Kier alpha value is -3.12. The van der Waals surface area contributed by atoms with Crippen LogP contribution in [0.15, 0.2) is 46.7 Å². The maximum absolute atomic E-state index is 10.3. The van der Waals surface area contributed by atoms with E-state index in [4.69, 9.17) is 9.15 Å². The van der Waals surface area contributed by atoms with Crippen molar-refractivity contribution in [2.75, 3.05) is 6.61 Å². The van der Waals surface area contributed by atoms with Gasteiger partial charge in [-0.05, 0) is 12.1 Å². The molecule has 1 fully saturated rings. The van der Waals surface area contributed by atoms with E-state index in [2.05, 4.69) is 20.1 Å². The molecule has 0 spiro atoms. The molecule has 0 aliphatic carbocycles. The topological polar surface area (TPSA) is 143 Å². The predicted octanol–water partition coefficient (Wildman–Crippen LogP) is 0.0341. The van der Waals surface area contributed by atoms with Crippen molar-refractivity contribution in [3.05, 3.63) is 43.0 Å². The Morgan fingerprint density at radius 2 is 2.11 bits per heavy atom. The van der Waals surface area contributed by atoms with Crippen molar-refractivity contribution in [2.45, 2.75) is 24.5 Å². The molecule has 3 N–H and O–H groups in total. The molecule has 5 heterocycles. The van der Waals surface area contributed by atoms with Gasteiger partial charge in [0.05, 0.1) is 31.6 Å². The van der Waals surface area contributed by atoms with Crippen LogP contribution in [0.25, 0.3) is 16.7 Å². The number of aliphatic hydroxyl groups excluding tert-OH is 3. The second kappa shape index (κ2) is 6.49. The highest BCUT2D eigenvalue weighted by atomic mass is 16.6. The highest BCUT2D eigenvalue weighted by molar-refractivity contribution is 5.96. The zero-order valence-corrected chi connectivity index (χ0v) is 14.4. The Labute approximate surface area is 157 Å². The van der Waals surface area contributed by atoms with Gasteiger partial charge in [0.25, 0.3) is 0 Å². The van der Waals surface area contributed by atoms with Gasteiger partial charge in [0, 0.05) is 0 Å². The molecule has 1 aliphatic rings. The molecule has 1 saturated heterocycles. The molecule has 1 aliphatic heterocycles. The molecule has 0 saturated carbocycles. The molecule has 0 radical (unpaired) electrons. The van der Waals surface area contributed by atoms with Crippen molar-refractivity contribution in [1.29, 1.82) is 0 Å². The van der Waals surface area contributed by atoms with Gasteiger partial charge in [-0.1, -0.05) is 0 Å². The number of rotatable bonds is 4. The monoisotopic (exact) mass is 384 g/mol. The van der Waals surface area contributed by atoms with Crippen molar-refractivity contribution < 1.29 is 24.5 Å². The summed E-state index contributed by atoms with van der Waals surface area (Å²) >= 11 is 0. The van der Waals surface area contributed by atoms with Crippen molar-refractivity contribution in [2.24, 2.45) is 4.99 Å². The molecular weight excluding hydrogens is 368 g/mol. The zero-order valence-electron chi connectivity index (χ0n) is 14.4. The molecule has 5 rings (SSSR count). The second-order valence-corrected chi connectivity index (χ2v) is 6.39. The van der Waals surface area contributed by atoms with Crippen LogP contribution in [-0.4, -0.2) is 70.6 Å². The fourth-order valence-corrected chi connectivity index (χ4v) is 3.32. The van der Waals surface area contributed by atoms with E-state index in [0.717, 1.165) is 0 Å². The van der Waals surface area contributed by atoms with Crippen LogP contribution in [0.2, 0.25) is 0 Å². The second-order valence-electron chi connectivity index (χ2n) is 6.39. The number of fused-ring (bicyclic) bond motifs is 3. The maximum Gasteiger partial charge on any atom is 0.166 e. The molecule has 4 aromatic heterocycles. The van der Waals surface area contributed by atoms with Gasteiger partial charge in [-0.15, -0.1) is 0 Å². The van der Waals surface area contributed by atoms with Crippen LogP contribution >= 0.6 is 0 Å². The lowest BCUT2D eigenvalue weighted by molar-refractivity contribution is -0.0511. The number of nitrogens with zero attached hydrogens (tertiary/aromatic N) is 6. The summed E-state index contributed by atoms with van der Waals surface area (Å²) in [5.41, 5.74) is 2.12. The van der Waals surface area contributed by atoms with Crippen molar-refractivity contribution in [3.63, 3.8) is 0 Å². The fraction of sp³-hybridized carbons (Fsp3) is 0.294. The lowest BCUT2D eigenvalue weighted by Crippen LogP contribution is -2.33. The standard InChI is InChI=1S/C17H16N6O5/c24-6-11-14(25)15(26)17(28-11)22-7-19-12-13-10(18-4-9-2-1-3-27-9)5-21-23(13)8-20-16(12)22/h1-5,7-8,11,14-15,17,24-26H,6H2/t11-,14-,15-,17-/m1/s1. The number of imidazole rings is 1.